The van der Waals surface area contributed by atoms with Gasteiger partial charge in [-0.2, -0.15) is 5.26 Å². The van der Waals surface area contributed by atoms with Crippen LogP contribution in [0.1, 0.15) is 137 Å². The lowest BCUT2D eigenvalue weighted by Gasteiger charge is -2.39. The molecular weight excluding hydrogens is 754 g/mol. The number of halogens is 1. The van der Waals surface area contributed by atoms with E-state index in [4.69, 9.17) is 16.3 Å². The van der Waals surface area contributed by atoms with Crippen molar-refractivity contribution in [2.24, 2.45) is 5.92 Å². The fourth-order valence-electron chi connectivity index (χ4n) is 10.7. The second-order valence-electron chi connectivity index (χ2n) is 17.2. The van der Waals surface area contributed by atoms with Gasteiger partial charge in [-0.15, -0.1) is 0 Å². The van der Waals surface area contributed by atoms with Gasteiger partial charge in [0.1, 0.15) is 24.0 Å². The highest BCUT2D eigenvalue weighted by Crippen LogP contribution is 2.41. The van der Waals surface area contributed by atoms with Gasteiger partial charge >= 0.3 is 0 Å². The Kier molecular flexibility index (Phi) is 10.6. The summed E-state index contributed by atoms with van der Waals surface area (Å²) in [6, 6.07) is 20.6. The topological polar surface area (TPSA) is 140 Å². The van der Waals surface area contributed by atoms with E-state index in [-0.39, 0.29) is 42.8 Å². The molecule has 1 saturated carbocycles. The number of hydrogen-bond acceptors (Lipinski definition) is 8. The monoisotopic (exact) mass is 801 g/mol. The summed E-state index contributed by atoms with van der Waals surface area (Å²) in [5, 5.41) is 11.8. The van der Waals surface area contributed by atoms with Crippen molar-refractivity contribution in [2.45, 2.75) is 113 Å². The predicted octanol–water partition coefficient (Wildman–Crippen LogP) is 6.98. The Morgan fingerprint density at radius 2 is 1.45 bits per heavy atom. The van der Waals surface area contributed by atoms with Crippen LogP contribution in [-0.4, -0.2) is 88.1 Å². The van der Waals surface area contributed by atoms with E-state index in [0.717, 1.165) is 99.9 Å². The Labute approximate surface area is 343 Å². The van der Waals surface area contributed by atoms with E-state index in [1.54, 1.807) is 24.3 Å². The van der Waals surface area contributed by atoms with Crippen LogP contribution in [0, 0.1) is 17.2 Å². The first-order chi connectivity index (χ1) is 28.1. The number of imide groups is 2. The molecule has 1 N–H and O–H groups in total. The number of amides is 5. The smallest absolute Gasteiger partial charge is 0.262 e. The largest absolute Gasteiger partial charge is 0.490 e. The highest BCUT2D eigenvalue weighted by molar-refractivity contribution is 6.31. The molecule has 6 aliphatic rings. The molecule has 2 bridgehead atoms. The number of carbonyl (C=O) groups is 5. The van der Waals surface area contributed by atoms with Crippen molar-refractivity contribution in [3.05, 3.63) is 99.1 Å². The van der Waals surface area contributed by atoms with E-state index < -0.39 is 23.8 Å². The van der Waals surface area contributed by atoms with E-state index in [0.29, 0.717) is 45.2 Å². The van der Waals surface area contributed by atoms with Crippen LogP contribution in [0.3, 0.4) is 0 Å². The van der Waals surface area contributed by atoms with Crippen molar-refractivity contribution in [3.63, 3.8) is 0 Å². The second-order valence-corrected chi connectivity index (χ2v) is 17.6. The van der Waals surface area contributed by atoms with Gasteiger partial charge in [-0.25, -0.2) is 0 Å². The first kappa shape index (κ1) is 38.5. The normalized spacial score (nSPS) is 27.7. The minimum atomic E-state index is -0.952. The number of benzene rings is 3. The fraction of sp³-hybridized carbons (Fsp3) is 0.478. The van der Waals surface area contributed by atoms with Gasteiger partial charge in [0.2, 0.25) is 11.8 Å². The average Bonchev–Trinajstić information content (AvgIpc) is 3.65. The molecule has 3 atom stereocenters. The van der Waals surface area contributed by atoms with Crippen molar-refractivity contribution >= 4 is 41.1 Å². The molecule has 3 unspecified atom stereocenters. The molecule has 4 saturated heterocycles. The molecule has 5 heterocycles. The van der Waals surface area contributed by atoms with Crippen molar-refractivity contribution in [1.29, 1.82) is 5.26 Å². The third-order valence-corrected chi connectivity index (χ3v) is 14.1. The number of ether oxygens (including phenoxy) is 1. The Hall–Kier alpha value is -5.05. The highest BCUT2D eigenvalue weighted by Gasteiger charge is 2.46. The molecule has 1 aliphatic carbocycles. The van der Waals surface area contributed by atoms with Crippen LogP contribution in [0.25, 0.3) is 0 Å². The van der Waals surface area contributed by atoms with Crippen molar-refractivity contribution in [1.82, 2.24) is 20.0 Å². The zero-order valence-electron chi connectivity index (χ0n) is 32.5. The van der Waals surface area contributed by atoms with E-state index in [2.05, 4.69) is 33.3 Å². The van der Waals surface area contributed by atoms with Crippen LogP contribution < -0.4 is 10.1 Å². The first-order valence-corrected chi connectivity index (χ1v) is 21.4. The molecule has 0 radical (unpaired) electrons. The quantitative estimate of drug-likeness (QED) is 0.241. The number of fused-ring (bicyclic) bond motifs is 3. The average molecular weight is 802 g/mol. The van der Waals surface area contributed by atoms with Gasteiger partial charge in [0.15, 0.2) is 0 Å². The molecule has 0 aromatic heterocycles. The lowest BCUT2D eigenvalue weighted by molar-refractivity contribution is -0.136. The number of nitrogens with one attached hydrogen (secondary N) is 1. The van der Waals surface area contributed by atoms with E-state index >= 15 is 0 Å². The molecule has 5 aliphatic heterocycles. The maximum atomic E-state index is 13.8. The summed E-state index contributed by atoms with van der Waals surface area (Å²) in [6.45, 7) is 3.21. The standard InChI is InChI=1S/C46H48ClN5O6/c47-40-24-36(13-9-33(40)25-48)58-37-22-34-11-12-35(23-37)51(34)44(55)31-7-5-28(6-8-31)30-17-19-50(20-18-30)26-27-1-3-29(4-2-27)32-10-14-38-39(21-32)46(57)52(45(38)56)41-15-16-42(53)49-43(41)54/h5-10,13-14,21,24,27,29-30,34-35,37,41H,1-4,11-12,15-20,22-23,26H2,(H,49,53,54). The summed E-state index contributed by atoms with van der Waals surface area (Å²) in [4.78, 5) is 70.1. The summed E-state index contributed by atoms with van der Waals surface area (Å²) < 4.78 is 6.27. The minimum Gasteiger partial charge on any atom is -0.490 e. The number of nitriles is 1. The third kappa shape index (κ3) is 7.41. The summed E-state index contributed by atoms with van der Waals surface area (Å²) in [6.07, 6.45) is 10.3. The predicted molar refractivity (Wildman–Crippen MR) is 215 cm³/mol. The van der Waals surface area contributed by atoms with E-state index in [1.165, 1.54) is 5.56 Å². The van der Waals surface area contributed by atoms with Crippen LogP contribution >= 0.6 is 11.6 Å². The lowest BCUT2D eigenvalue weighted by atomic mass is 9.77. The summed E-state index contributed by atoms with van der Waals surface area (Å²) >= 11 is 6.23. The molecule has 3 aromatic carbocycles. The molecule has 5 amide bonds. The van der Waals surface area contributed by atoms with Crippen LogP contribution in [-0.2, 0) is 9.59 Å². The van der Waals surface area contributed by atoms with Crippen LogP contribution in [0.15, 0.2) is 60.7 Å². The summed E-state index contributed by atoms with van der Waals surface area (Å²) in [5.41, 5.74) is 4.26. The Bertz CT molecular complexity index is 2170. The molecule has 0 spiro atoms. The van der Waals surface area contributed by atoms with Crippen LogP contribution in [0.2, 0.25) is 5.02 Å². The van der Waals surface area contributed by atoms with Crippen molar-refractivity contribution in [2.75, 3.05) is 19.6 Å². The SMILES string of the molecule is N#Cc1ccc(OC2CC3CCC(C2)N3C(=O)c2ccc(C3CCN(CC4CCC(c5ccc6c(c5)C(=O)N(C5CCC(=O)NC5=O)C6=O)CC4)CC3)cc2)cc1Cl. The highest BCUT2D eigenvalue weighted by atomic mass is 35.5. The van der Waals surface area contributed by atoms with Crippen LogP contribution in [0.5, 0.6) is 5.75 Å². The van der Waals surface area contributed by atoms with Crippen molar-refractivity contribution < 1.29 is 28.7 Å². The molecule has 300 valence electrons. The molecule has 11 nitrogen and oxygen atoms in total. The zero-order valence-corrected chi connectivity index (χ0v) is 33.3. The van der Waals surface area contributed by atoms with Gasteiger partial charge in [-0.1, -0.05) is 29.8 Å². The summed E-state index contributed by atoms with van der Waals surface area (Å²) in [5.74, 6) is 0.324. The van der Waals surface area contributed by atoms with Gasteiger partial charge in [0.25, 0.3) is 17.7 Å². The minimum absolute atomic E-state index is 0.00866. The maximum absolute atomic E-state index is 13.8. The molecule has 5 fully saturated rings. The fourth-order valence-corrected chi connectivity index (χ4v) is 10.9. The number of rotatable bonds is 8. The number of nitrogens with zero attached hydrogens (tertiary/aromatic N) is 4. The molecule has 12 heteroatoms. The van der Waals surface area contributed by atoms with Gasteiger partial charge < -0.3 is 14.5 Å². The molecular formula is C46H48ClN5O6. The first-order valence-electron chi connectivity index (χ1n) is 21.0. The Morgan fingerprint density at radius 1 is 0.776 bits per heavy atom. The Morgan fingerprint density at radius 3 is 2.12 bits per heavy atom. The van der Waals surface area contributed by atoms with Crippen LogP contribution in [0.4, 0.5) is 0 Å². The van der Waals surface area contributed by atoms with Gasteiger partial charge in [-0.3, -0.25) is 34.2 Å². The molecule has 9 rings (SSSR count). The van der Waals surface area contributed by atoms with Gasteiger partial charge in [0.05, 0.1) is 21.7 Å². The summed E-state index contributed by atoms with van der Waals surface area (Å²) in [7, 11) is 0. The van der Waals surface area contributed by atoms with Gasteiger partial charge in [-0.05, 0) is 136 Å². The number of likely N-dealkylation sites (tertiary alicyclic amines) is 1. The lowest BCUT2D eigenvalue weighted by Crippen LogP contribution is -2.54. The maximum Gasteiger partial charge on any atom is 0.262 e. The van der Waals surface area contributed by atoms with E-state index in [1.807, 2.05) is 24.3 Å². The number of carbonyl (C=O) groups excluding carboxylic acids is 5. The second kappa shape index (κ2) is 16.0. The Balaban J connectivity index is 0.730. The molecule has 3 aromatic rings. The third-order valence-electron chi connectivity index (χ3n) is 13.8. The van der Waals surface area contributed by atoms with Crippen molar-refractivity contribution in [3.8, 4) is 11.8 Å². The number of hydrogen-bond donors (Lipinski definition) is 1. The molecule has 58 heavy (non-hydrogen) atoms. The van der Waals surface area contributed by atoms with Gasteiger partial charge in [0, 0.05) is 49.5 Å². The number of piperidine rings is 3. The van der Waals surface area contributed by atoms with E-state index in [9.17, 15) is 29.2 Å². The zero-order chi connectivity index (χ0) is 40.1.